The summed E-state index contributed by atoms with van der Waals surface area (Å²) in [5, 5.41) is 10.0. The van der Waals surface area contributed by atoms with Crippen LogP contribution in [0.15, 0.2) is 30.3 Å². The number of aliphatic hydroxyl groups excluding tert-OH is 1. The van der Waals surface area contributed by atoms with Gasteiger partial charge < -0.3 is 14.6 Å². The van der Waals surface area contributed by atoms with E-state index in [0.29, 0.717) is 24.8 Å². The van der Waals surface area contributed by atoms with E-state index in [9.17, 15) is 14.7 Å². The molecule has 22 heavy (non-hydrogen) atoms. The van der Waals surface area contributed by atoms with Crippen LogP contribution >= 0.6 is 11.6 Å². The summed E-state index contributed by atoms with van der Waals surface area (Å²) in [7, 11) is 0. The Labute approximate surface area is 134 Å². The van der Waals surface area contributed by atoms with Gasteiger partial charge in [0.1, 0.15) is 12.2 Å². The summed E-state index contributed by atoms with van der Waals surface area (Å²) in [6, 6.07) is 8.61. The Bertz CT molecular complexity index is 505. The predicted octanol–water partition coefficient (Wildman–Crippen LogP) is 2.30. The van der Waals surface area contributed by atoms with Crippen molar-refractivity contribution in [1.82, 2.24) is 0 Å². The van der Waals surface area contributed by atoms with Crippen molar-refractivity contribution in [2.45, 2.75) is 44.0 Å². The van der Waals surface area contributed by atoms with E-state index in [0.717, 1.165) is 0 Å². The highest BCUT2D eigenvalue weighted by Gasteiger charge is 2.27. The first-order chi connectivity index (χ1) is 10.6. The molecule has 1 aliphatic rings. The van der Waals surface area contributed by atoms with Crippen LogP contribution in [0.1, 0.15) is 36.0 Å². The van der Waals surface area contributed by atoms with E-state index in [1.807, 2.05) is 6.07 Å². The molecule has 0 aliphatic carbocycles. The molecule has 0 radical (unpaired) electrons. The number of hydrogen-bond donors (Lipinski definition) is 1. The number of esters is 2. The van der Waals surface area contributed by atoms with Gasteiger partial charge in [-0.1, -0.05) is 18.2 Å². The fourth-order valence-corrected chi connectivity index (χ4v) is 2.58. The van der Waals surface area contributed by atoms with Crippen molar-refractivity contribution < 1.29 is 24.2 Å². The molecule has 1 heterocycles. The highest BCUT2D eigenvalue weighted by Crippen LogP contribution is 2.21. The highest BCUT2D eigenvalue weighted by molar-refractivity contribution is 6.18. The molecule has 6 heteroatoms. The Morgan fingerprint density at radius 3 is 2.73 bits per heavy atom. The molecule has 1 saturated heterocycles. The smallest absolute Gasteiger partial charge is 0.338 e. The minimum Gasteiger partial charge on any atom is -0.462 e. The van der Waals surface area contributed by atoms with E-state index in [1.54, 1.807) is 24.3 Å². The van der Waals surface area contributed by atoms with Crippen LogP contribution in [-0.4, -0.2) is 41.2 Å². The van der Waals surface area contributed by atoms with Crippen molar-refractivity contribution in [2.24, 2.45) is 0 Å². The van der Waals surface area contributed by atoms with E-state index in [4.69, 9.17) is 21.1 Å². The molecule has 1 aromatic carbocycles. The Hall–Kier alpha value is -1.59. The zero-order valence-electron chi connectivity index (χ0n) is 12.1. The number of alkyl halides is 1. The number of carbonyl (C=O) groups is 2. The van der Waals surface area contributed by atoms with Crippen LogP contribution in [0.4, 0.5) is 0 Å². The number of halogens is 1. The zero-order chi connectivity index (χ0) is 15.9. The van der Waals surface area contributed by atoms with Gasteiger partial charge in [0.25, 0.3) is 0 Å². The van der Waals surface area contributed by atoms with Crippen LogP contribution in [-0.2, 0) is 14.3 Å². The predicted molar refractivity (Wildman–Crippen MR) is 80.7 cm³/mol. The van der Waals surface area contributed by atoms with Crippen LogP contribution in [0, 0.1) is 0 Å². The normalized spacial score (nSPS) is 20.3. The molecule has 2 rings (SSSR count). The van der Waals surface area contributed by atoms with Crippen LogP contribution in [0.25, 0.3) is 0 Å². The summed E-state index contributed by atoms with van der Waals surface area (Å²) in [6.07, 6.45) is -0.0177. The number of rotatable bonds is 7. The summed E-state index contributed by atoms with van der Waals surface area (Å²) in [4.78, 5) is 23.0. The Balaban J connectivity index is 1.81. The lowest BCUT2D eigenvalue weighted by Gasteiger charge is -2.20. The first-order valence-electron chi connectivity index (χ1n) is 7.28. The van der Waals surface area contributed by atoms with E-state index in [-0.39, 0.29) is 24.4 Å². The van der Waals surface area contributed by atoms with Gasteiger partial charge in [-0.3, -0.25) is 4.79 Å². The topological polar surface area (TPSA) is 72.8 Å². The van der Waals surface area contributed by atoms with Crippen molar-refractivity contribution >= 4 is 23.5 Å². The molecule has 1 fully saturated rings. The molecule has 1 aliphatic heterocycles. The minimum absolute atomic E-state index is 0.0973. The van der Waals surface area contributed by atoms with Gasteiger partial charge in [-0.05, 0) is 18.6 Å². The molecular weight excluding hydrogens is 308 g/mol. The number of benzene rings is 1. The molecule has 120 valence electrons. The summed E-state index contributed by atoms with van der Waals surface area (Å²) < 4.78 is 10.4. The van der Waals surface area contributed by atoms with Gasteiger partial charge in [-0.2, -0.15) is 0 Å². The first kappa shape index (κ1) is 16.8. The maximum Gasteiger partial charge on any atom is 0.338 e. The second kappa shape index (κ2) is 8.15. The third-order valence-corrected chi connectivity index (χ3v) is 3.84. The molecule has 0 bridgehead atoms. The summed E-state index contributed by atoms with van der Waals surface area (Å²) >= 11 is 5.81. The lowest BCUT2D eigenvalue weighted by molar-refractivity contribution is -0.142. The quantitative estimate of drug-likeness (QED) is 0.615. The molecule has 0 amide bonds. The lowest BCUT2D eigenvalue weighted by atomic mass is 10.0. The van der Waals surface area contributed by atoms with Crippen LogP contribution in [0.3, 0.4) is 0 Å². The van der Waals surface area contributed by atoms with Crippen molar-refractivity contribution in [3.8, 4) is 0 Å². The Morgan fingerprint density at radius 1 is 1.41 bits per heavy atom. The second-order valence-electron chi connectivity index (χ2n) is 5.32. The molecule has 1 N–H and O–H groups in total. The zero-order valence-corrected chi connectivity index (χ0v) is 12.9. The molecule has 0 spiro atoms. The van der Waals surface area contributed by atoms with E-state index < -0.39 is 18.2 Å². The van der Waals surface area contributed by atoms with Gasteiger partial charge in [0.05, 0.1) is 17.5 Å². The maximum atomic E-state index is 12.0. The van der Waals surface area contributed by atoms with E-state index in [2.05, 4.69) is 0 Å². The molecule has 3 atom stereocenters. The Kier molecular flexibility index (Phi) is 6.21. The monoisotopic (exact) mass is 326 g/mol. The summed E-state index contributed by atoms with van der Waals surface area (Å²) in [5.41, 5.74) is 0.442. The standard InChI is InChI=1S/C16H19ClO5/c17-10-14(22-16(20)11-4-2-1-3-5-11)9-12(18)8-13-6-7-15(19)21-13/h1-5,12-14,18H,6-10H2/t12-,13+,14+/m0/s1. The first-order valence-corrected chi connectivity index (χ1v) is 7.81. The second-order valence-corrected chi connectivity index (χ2v) is 5.63. The van der Waals surface area contributed by atoms with Gasteiger partial charge in [0.15, 0.2) is 0 Å². The molecular formula is C16H19ClO5. The SMILES string of the molecule is O=C1CC[C@H](C[C@H](O)C[C@H](CCl)OC(=O)c2ccccc2)O1. The van der Waals surface area contributed by atoms with Crippen LogP contribution in [0.2, 0.25) is 0 Å². The summed E-state index contributed by atoms with van der Waals surface area (Å²) in [6.45, 7) is 0. The highest BCUT2D eigenvalue weighted by atomic mass is 35.5. The number of ether oxygens (including phenoxy) is 2. The largest absolute Gasteiger partial charge is 0.462 e. The van der Waals surface area contributed by atoms with Crippen molar-refractivity contribution in [1.29, 1.82) is 0 Å². The van der Waals surface area contributed by atoms with Gasteiger partial charge >= 0.3 is 11.9 Å². The van der Waals surface area contributed by atoms with E-state index >= 15 is 0 Å². The molecule has 5 nitrogen and oxygen atoms in total. The lowest BCUT2D eigenvalue weighted by Crippen LogP contribution is -2.27. The number of aliphatic hydroxyl groups is 1. The third kappa shape index (κ3) is 5.00. The van der Waals surface area contributed by atoms with Crippen LogP contribution in [0.5, 0.6) is 0 Å². The third-order valence-electron chi connectivity index (χ3n) is 3.49. The Morgan fingerprint density at radius 2 is 2.14 bits per heavy atom. The van der Waals surface area contributed by atoms with Gasteiger partial charge in [-0.15, -0.1) is 11.6 Å². The average Bonchev–Trinajstić information content (AvgIpc) is 2.92. The van der Waals surface area contributed by atoms with Crippen molar-refractivity contribution in [3.05, 3.63) is 35.9 Å². The number of hydrogen-bond acceptors (Lipinski definition) is 5. The fourth-order valence-electron chi connectivity index (χ4n) is 2.39. The number of cyclic esters (lactones) is 1. The van der Waals surface area contributed by atoms with Crippen molar-refractivity contribution in [3.63, 3.8) is 0 Å². The van der Waals surface area contributed by atoms with Gasteiger partial charge in [0.2, 0.25) is 0 Å². The minimum atomic E-state index is -0.733. The van der Waals surface area contributed by atoms with Crippen LogP contribution < -0.4 is 0 Å². The van der Waals surface area contributed by atoms with Gasteiger partial charge in [0, 0.05) is 19.3 Å². The molecule has 0 unspecified atom stereocenters. The molecule has 1 aromatic rings. The molecule has 0 saturated carbocycles. The van der Waals surface area contributed by atoms with Gasteiger partial charge in [-0.25, -0.2) is 4.79 Å². The molecule has 0 aromatic heterocycles. The maximum absolute atomic E-state index is 12.0. The summed E-state index contributed by atoms with van der Waals surface area (Å²) in [5.74, 6) is -0.604. The average molecular weight is 327 g/mol. The van der Waals surface area contributed by atoms with Crippen molar-refractivity contribution in [2.75, 3.05) is 5.88 Å². The fraction of sp³-hybridized carbons (Fsp3) is 0.500. The number of carbonyl (C=O) groups excluding carboxylic acids is 2. The van der Waals surface area contributed by atoms with E-state index in [1.165, 1.54) is 0 Å².